The van der Waals surface area contributed by atoms with Gasteiger partial charge < -0.3 is 5.32 Å². The van der Waals surface area contributed by atoms with Gasteiger partial charge in [0.25, 0.3) is 0 Å². The van der Waals surface area contributed by atoms with Crippen molar-refractivity contribution < 1.29 is 0 Å². The first-order chi connectivity index (χ1) is 7.40. The normalized spacial score (nSPS) is 9.93. The summed E-state index contributed by atoms with van der Waals surface area (Å²) in [6, 6.07) is 5.79. The molecule has 15 heavy (non-hydrogen) atoms. The highest BCUT2D eigenvalue weighted by atomic mass is 15.0. The van der Waals surface area contributed by atoms with Crippen LogP contribution in [0.25, 0.3) is 11.3 Å². The summed E-state index contributed by atoms with van der Waals surface area (Å²) in [7, 11) is 0. The standard InChI is InChI=1S/C11H12N4/c1-2-13-11-7-10(14-8-15-11)9-3-5-12-6-4-9/h3-8H,2H2,1H3,(H,13,14,15). The Labute approximate surface area is 88.4 Å². The molecule has 0 unspecified atom stereocenters. The molecular formula is C11H12N4. The molecule has 0 radical (unpaired) electrons. The minimum atomic E-state index is 0.847. The van der Waals surface area contributed by atoms with E-state index in [2.05, 4.69) is 20.3 Å². The molecule has 0 aliphatic carbocycles. The van der Waals surface area contributed by atoms with Crippen molar-refractivity contribution in [1.29, 1.82) is 0 Å². The number of pyridine rings is 1. The topological polar surface area (TPSA) is 50.7 Å². The smallest absolute Gasteiger partial charge is 0.129 e. The lowest BCUT2D eigenvalue weighted by atomic mass is 10.2. The number of anilines is 1. The third-order valence-electron chi connectivity index (χ3n) is 2.00. The van der Waals surface area contributed by atoms with Gasteiger partial charge >= 0.3 is 0 Å². The third-order valence-corrected chi connectivity index (χ3v) is 2.00. The fraction of sp³-hybridized carbons (Fsp3) is 0.182. The van der Waals surface area contributed by atoms with E-state index in [1.807, 2.05) is 25.1 Å². The minimum Gasteiger partial charge on any atom is -0.370 e. The maximum atomic E-state index is 4.21. The summed E-state index contributed by atoms with van der Waals surface area (Å²) in [6.45, 7) is 2.89. The molecule has 4 nitrogen and oxygen atoms in total. The van der Waals surface area contributed by atoms with Crippen LogP contribution in [0.1, 0.15) is 6.92 Å². The van der Waals surface area contributed by atoms with Crippen LogP contribution >= 0.6 is 0 Å². The maximum absolute atomic E-state index is 4.21. The molecule has 4 heteroatoms. The Morgan fingerprint density at radius 3 is 2.73 bits per heavy atom. The Kier molecular flexibility index (Phi) is 2.88. The highest BCUT2D eigenvalue weighted by Crippen LogP contribution is 2.16. The summed E-state index contributed by atoms with van der Waals surface area (Å²) in [6.07, 6.45) is 5.07. The summed E-state index contributed by atoms with van der Waals surface area (Å²) < 4.78 is 0. The van der Waals surface area contributed by atoms with Crippen molar-refractivity contribution in [2.75, 3.05) is 11.9 Å². The lowest BCUT2D eigenvalue weighted by Crippen LogP contribution is -1.99. The molecule has 76 valence electrons. The van der Waals surface area contributed by atoms with Crippen molar-refractivity contribution in [1.82, 2.24) is 15.0 Å². The summed E-state index contributed by atoms with van der Waals surface area (Å²) >= 11 is 0. The van der Waals surface area contributed by atoms with Crippen LogP contribution in [-0.4, -0.2) is 21.5 Å². The van der Waals surface area contributed by atoms with E-state index in [4.69, 9.17) is 0 Å². The molecule has 0 aliphatic heterocycles. The van der Waals surface area contributed by atoms with Gasteiger partial charge in [0.15, 0.2) is 0 Å². The molecule has 0 atom stereocenters. The van der Waals surface area contributed by atoms with Gasteiger partial charge in [0.05, 0.1) is 5.69 Å². The summed E-state index contributed by atoms with van der Waals surface area (Å²) in [5, 5.41) is 3.15. The average molecular weight is 200 g/mol. The third kappa shape index (κ3) is 2.28. The predicted octanol–water partition coefficient (Wildman–Crippen LogP) is 1.97. The number of nitrogens with zero attached hydrogens (tertiary/aromatic N) is 3. The second-order valence-electron chi connectivity index (χ2n) is 3.05. The molecule has 0 aromatic carbocycles. The fourth-order valence-corrected chi connectivity index (χ4v) is 1.32. The quantitative estimate of drug-likeness (QED) is 0.823. The summed E-state index contributed by atoms with van der Waals surface area (Å²) in [5.74, 6) is 0.847. The van der Waals surface area contributed by atoms with Gasteiger partial charge in [0.2, 0.25) is 0 Å². The van der Waals surface area contributed by atoms with Gasteiger partial charge in [-0.1, -0.05) is 0 Å². The van der Waals surface area contributed by atoms with Crippen LogP contribution in [0.5, 0.6) is 0 Å². The first-order valence-electron chi connectivity index (χ1n) is 4.86. The first-order valence-corrected chi connectivity index (χ1v) is 4.86. The summed E-state index contributed by atoms with van der Waals surface area (Å²) in [5.41, 5.74) is 1.95. The number of rotatable bonds is 3. The first kappa shape index (κ1) is 9.58. The molecular weight excluding hydrogens is 188 g/mol. The van der Waals surface area contributed by atoms with Crippen LogP contribution in [0.4, 0.5) is 5.82 Å². The van der Waals surface area contributed by atoms with E-state index >= 15 is 0 Å². The molecule has 0 bridgehead atoms. The Balaban J connectivity index is 2.33. The average Bonchev–Trinajstić information content (AvgIpc) is 2.31. The zero-order valence-electron chi connectivity index (χ0n) is 8.51. The zero-order chi connectivity index (χ0) is 10.5. The molecule has 1 N–H and O–H groups in total. The van der Waals surface area contributed by atoms with Crippen molar-refractivity contribution in [3.05, 3.63) is 36.9 Å². The van der Waals surface area contributed by atoms with E-state index in [-0.39, 0.29) is 0 Å². The van der Waals surface area contributed by atoms with Crippen molar-refractivity contribution in [2.24, 2.45) is 0 Å². The lowest BCUT2D eigenvalue weighted by Gasteiger charge is -2.04. The predicted molar refractivity (Wildman–Crippen MR) is 59.4 cm³/mol. The van der Waals surface area contributed by atoms with Crippen molar-refractivity contribution in [2.45, 2.75) is 6.92 Å². The molecule has 2 aromatic rings. The SMILES string of the molecule is CCNc1cc(-c2ccncc2)ncn1. The van der Waals surface area contributed by atoms with E-state index in [9.17, 15) is 0 Å². The molecule has 2 rings (SSSR count). The van der Waals surface area contributed by atoms with Crippen LogP contribution in [0, 0.1) is 0 Å². The monoisotopic (exact) mass is 200 g/mol. The van der Waals surface area contributed by atoms with E-state index in [0.29, 0.717) is 0 Å². The zero-order valence-corrected chi connectivity index (χ0v) is 8.51. The van der Waals surface area contributed by atoms with Crippen molar-refractivity contribution >= 4 is 5.82 Å². The maximum Gasteiger partial charge on any atom is 0.129 e. The second-order valence-corrected chi connectivity index (χ2v) is 3.05. The summed E-state index contributed by atoms with van der Waals surface area (Å²) in [4.78, 5) is 12.3. The van der Waals surface area contributed by atoms with E-state index in [1.54, 1.807) is 18.7 Å². The van der Waals surface area contributed by atoms with E-state index in [0.717, 1.165) is 23.6 Å². The highest BCUT2D eigenvalue weighted by molar-refractivity contribution is 5.61. The van der Waals surface area contributed by atoms with Gasteiger partial charge in [0, 0.05) is 30.6 Å². The molecule has 0 aliphatic rings. The van der Waals surface area contributed by atoms with Gasteiger partial charge in [0.1, 0.15) is 12.1 Å². The Bertz CT molecular complexity index is 428. The van der Waals surface area contributed by atoms with Crippen LogP contribution in [0.15, 0.2) is 36.9 Å². The molecule has 2 aromatic heterocycles. The van der Waals surface area contributed by atoms with Gasteiger partial charge in [-0.25, -0.2) is 9.97 Å². The minimum absolute atomic E-state index is 0.847. The number of aromatic nitrogens is 3. The molecule has 0 fully saturated rings. The molecule has 0 saturated heterocycles. The Morgan fingerprint density at radius 1 is 1.20 bits per heavy atom. The van der Waals surface area contributed by atoms with Gasteiger partial charge in [-0.2, -0.15) is 0 Å². The van der Waals surface area contributed by atoms with Crippen LogP contribution in [-0.2, 0) is 0 Å². The second kappa shape index (κ2) is 4.50. The van der Waals surface area contributed by atoms with Gasteiger partial charge in [-0.15, -0.1) is 0 Å². The largest absolute Gasteiger partial charge is 0.370 e. The van der Waals surface area contributed by atoms with E-state index in [1.165, 1.54) is 0 Å². The van der Waals surface area contributed by atoms with Gasteiger partial charge in [-0.05, 0) is 19.1 Å². The van der Waals surface area contributed by atoms with Gasteiger partial charge in [-0.3, -0.25) is 4.98 Å². The van der Waals surface area contributed by atoms with Crippen molar-refractivity contribution in [3.63, 3.8) is 0 Å². The Morgan fingerprint density at radius 2 is 2.00 bits per heavy atom. The van der Waals surface area contributed by atoms with Crippen LogP contribution in [0.2, 0.25) is 0 Å². The molecule has 2 heterocycles. The Hall–Kier alpha value is -1.97. The van der Waals surface area contributed by atoms with Crippen molar-refractivity contribution in [3.8, 4) is 11.3 Å². The number of hydrogen-bond donors (Lipinski definition) is 1. The number of nitrogens with one attached hydrogen (secondary N) is 1. The molecule has 0 saturated carbocycles. The lowest BCUT2D eigenvalue weighted by molar-refractivity contribution is 1.11. The van der Waals surface area contributed by atoms with Crippen LogP contribution < -0.4 is 5.32 Å². The highest BCUT2D eigenvalue weighted by Gasteiger charge is 1.99. The number of hydrogen-bond acceptors (Lipinski definition) is 4. The van der Waals surface area contributed by atoms with E-state index < -0.39 is 0 Å². The molecule has 0 spiro atoms. The van der Waals surface area contributed by atoms with Crippen LogP contribution in [0.3, 0.4) is 0 Å². The fourth-order valence-electron chi connectivity index (χ4n) is 1.32. The molecule has 0 amide bonds.